The van der Waals surface area contributed by atoms with Gasteiger partial charge in [0.15, 0.2) is 0 Å². The van der Waals surface area contributed by atoms with E-state index in [2.05, 4.69) is 27.4 Å². The highest BCUT2D eigenvalue weighted by atomic mass is 16.5. The molecule has 3 atom stereocenters. The van der Waals surface area contributed by atoms with Crippen LogP contribution in [0, 0.1) is 0 Å². The van der Waals surface area contributed by atoms with E-state index >= 15 is 0 Å². The first kappa shape index (κ1) is 11.5. The number of hydrogen-bond acceptors (Lipinski definition) is 4. The van der Waals surface area contributed by atoms with Crippen molar-refractivity contribution in [3.63, 3.8) is 0 Å². The first-order chi connectivity index (χ1) is 7.79. The third kappa shape index (κ3) is 2.80. The van der Waals surface area contributed by atoms with Gasteiger partial charge in [-0.3, -0.25) is 5.10 Å². The molecule has 0 saturated heterocycles. The molecule has 2 rings (SSSR count). The average molecular weight is 224 g/mol. The molecule has 1 aromatic rings. The van der Waals surface area contributed by atoms with Gasteiger partial charge in [-0.15, -0.1) is 0 Å². The van der Waals surface area contributed by atoms with Crippen LogP contribution in [0.2, 0.25) is 0 Å². The largest absolute Gasteiger partial charge is 0.381 e. The van der Waals surface area contributed by atoms with Crippen molar-refractivity contribution in [3.8, 4) is 0 Å². The normalized spacial score (nSPS) is 27.9. The van der Waals surface area contributed by atoms with Crippen LogP contribution >= 0.6 is 0 Å². The highest BCUT2D eigenvalue weighted by Gasteiger charge is 2.23. The van der Waals surface area contributed by atoms with Crippen LogP contribution < -0.4 is 5.32 Å². The Hall–Kier alpha value is -0.940. The van der Waals surface area contributed by atoms with Crippen molar-refractivity contribution < 1.29 is 4.74 Å². The van der Waals surface area contributed by atoms with Gasteiger partial charge in [0.05, 0.1) is 12.1 Å². The first-order valence-corrected chi connectivity index (χ1v) is 5.93. The lowest BCUT2D eigenvalue weighted by Gasteiger charge is -2.30. The summed E-state index contributed by atoms with van der Waals surface area (Å²) >= 11 is 0. The highest BCUT2D eigenvalue weighted by Crippen LogP contribution is 2.22. The molecular formula is C11H20N4O. The Bertz CT molecular complexity index is 301. The molecule has 5 heteroatoms. The molecule has 1 aliphatic rings. The fourth-order valence-electron chi connectivity index (χ4n) is 2.37. The Morgan fingerprint density at radius 3 is 3.12 bits per heavy atom. The number of H-pyrrole nitrogens is 1. The third-order valence-electron chi connectivity index (χ3n) is 3.29. The number of ether oxygens (including phenoxy) is 1. The highest BCUT2D eigenvalue weighted by molar-refractivity contribution is 4.91. The van der Waals surface area contributed by atoms with Gasteiger partial charge in [-0.1, -0.05) is 0 Å². The summed E-state index contributed by atoms with van der Waals surface area (Å²) in [7, 11) is 1.80. The summed E-state index contributed by atoms with van der Waals surface area (Å²) in [5, 5.41) is 10.3. The SMILES string of the molecule is COC1CCCC(NC(C)c2ncn[nH]2)C1. The number of methoxy groups -OCH3 is 1. The standard InChI is InChI=1S/C11H20N4O/c1-8(11-12-7-13-15-11)14-9-4-3-5-10(6-9)16-2/h7-10,14H,3-6H2,1-2H3,(H,12,13,15). The van der Waals surface area contributed by atoms with Crippen molar-refractivity contribution in [1.82, 2.24) is 20.5 Å². The minimum absolute atomic E-state index is 0.225. The Morgan fingerprint density at radius 2 is 2.44 bits per heavy atom. The number of nitrogens with one attached hydrogen (secondary N) is 2. The minimum atomic E-state index is 0.225. The van der Waals surface area contributed by atoms with Crippen molar-refractivity contribution in [1.29, 1.82) is 0 Å². The van der Waals surface area contributed by atoms with Crippen molar-refractivity contribution >= 4 is 0 Å². The second kappa shape index (κ2) is 5.41. The topological polar surface area (TPSA) is 62.8 Å². The van der Waals surface area contributed by atoms with E-state index in [4.69, 9.17) is 4.74 Å². The fraction of sp³-hybridized carbons (Fsp3) is 0.818. The third-order valence-corrected chi connectivity index (χ3v) is 3.29. The molecule has 16 heavy (non-hydrogen) atoms. The molecule has 1 saturated carbocycles. The molecule has 3 unspecified atom stereocenters. The average Bonchev–Trinajstić information content (AvgIpc) is 2.83. The van der Waals surface area contributed by atoms with E-state index < -0.39 is 0 Å². The molecule has 1 heterocycles. The van der Waals surface area contributed by atoms with Crippen molar-refractivity contribution in [3.05, 3.63) is 12.2 Å². The molecule has 0 amide bonds. The summed E-state index contributed by atoms with van der Waals surface area (Å²) in [5.41, 5.74) is 0. The Balaban J connectivity index is 1.84. The molecule has 0 aliphatic heterocycles. The molecule has 0 radical (unpaired) electrons. The van der Waals surface area contributed by atoms with Crippen molar-refractivity contribution in [2.45, 2.75) is 50.8 Å². The van der Waals surface area contributed by atoms with Crippen LogP contribution in [0.5, 0.6) is 0 Å². The smallest absolute Gasteiger partial charge is 0.141 e. The molecular weight excluding hydrogens is 204 g/mol. The van der Waals surface area contributed by atoms with E-state index in [1.165, 1.54) is 19.3 Å². The van der Waals surface area contributed by atoms with Crippen LogP contribution in [0.4, 0.5) is 0 Å². The fourth-order valence-corrected chi connectivity index (χ4v) is 2.37. The van der Waals surface area contributed by atoms with Gasteiger partial charge >= 0.3 is 0 Å². The van der Waals surface area contributed by atoms with Crippen molar-refractivity contribution in [2.75, 3.05) is 7.11 Å². The molecule has 5 nitrogen and oxygen atoms in total. The maximum atomic E-state index is 5.42. The van der Waals surface area contributed by atoms with E-state index in [-0.39, 0.29) is 6.04 Å². The van der Waals surface area contributed by atoms with E-state index in [9.17, 15) is 0 Å². The predicted molar refractivity (Wildman–Crippen MR) is 61.0 cm³/mol. The molecule has 1 fully saturated rings. The van der Waals surface area contributed by atoms with E-state index in [1.807, 2.05) is 0 Å². The summed E-state index contributed by atoms with van der Waals surface area (Å²) in [6, 6.07) is 0.752. The van der Waals surface area contributed by atoms with Crippen LogP contribution in [0.1, 0.15) is 44.5 Å². The van der Waals surface area contributed by atoms with E-state index in [1.54, 1.807) is 13.4 Å². The molecule has 0 spiro atoms. The summed E-state index contributed by atoms with van der Waals surface area (Å²) in [6.07, 6.45) is 6.69. The molecule has 0 bridgehead atoms. The van der Waals surface area contributed by atoms with Crippen LogP contribution in [0.25, 0.3) is 0 Å². The lowest BCUT2D eigenvalue weighted by Crippen LogP contribution is -2.38. The zero-order valence-electron chi connectivity index (χ0n) is 9.94. The van der Waals surface area contributed by atoms with Gasteiger partial charge in [-0.25, -0.2) is 4.98 Å². The lowest BCUT2D eigenvalue weighted by atomic mass is 9.92. The number of aromatic nitrogens is 3. The summed E-state index contributed by atoms with van der Waals surface area (Å²) < 4.78 is 5.42. The van der Waals surface area contributed by atoms with Crippen LogP contribution in [0.3, 0.4) is 0 Å². The van der Waals surface area contributed by atoms with Gasteiger partial charge in [0, 0.05) is 13.2 Å². The van der Waals surface area contributed by atoms with Crippen LogP contribution in [-0.4, -0.2) is 34.4 Å². The summed E-state index contributed by atoms with van der Waals surface area (Å²) in [5.74, 6) is 0.902. The minimum Gasteiger partial charge on any atom is -0.381 e. The monoisotopic (exact) mass is 224 g/mol. The van der Waals surface area contributed by atoms with Gasteiger partial charge < -0.3 is 10.1 Å². The Kier molecular flexibility index (Phi) is 3.90. The molecule has 1 aliphatic carbocycles. The van der Waals surface area contributed by atoms with Gasteiger partial charge in [0.1, 0.15) is 12.2 Å². The Morgan fingerprint density at radius 1 is 1.56 bits per heavy atom. The summed E-state index contributed by atoms with van der Waals surface area (Å²) in [4.78, 5) is 4.16. The number of hydrogen-bond donors (Lipinski definition) is 2. The second-order valence-electron chi connectivity index (χ2n) is 4.48. The van der Waals surface area contributed by atoms with E-state index in [0.717, 1.165) is 12.2 Å². The van der Waals surface area contributed by atoms with Gasteiger partial charge in [0.2, 0.25) is 0 Å². The van der Waals surface area contributed by atoms with Gasteiger partial charge in [-0.05, 0) is 32.6 Å². The zero-order valence-corrected chi connectivity index (χ0v) is 9.94. The molecule has 2 N–H and O–H groups in total. The molecule has 1 aromatic heterocycles. The number of aromatic amines is 1. The molecule has 90 valence electrons. The lowest BCUT2D eigenvalue weighted by molar-refractivity contribution is 0.0571. The van der Waals surface area contributed by atoms with Crippen LogP contribution in [0.15, 0.2) is 6.33 Å². The second-order valence-corrected chi connectivity index (χ2v) is 4.48. The number of rotatable bonds is 4. The Labute approximate surface area is 96.0 Å². The van der Waals surface area contributed by atoms with Gasteiger partial charge in [0.25, 0.3) is 0 Å². The quantitative estimate of drug-likeness (QED) is 0.811. The predicted octanol–water partition coefficient (Wildman–Crippen LogP) is 1.41. The van der Waals surface area contributed by atoms with E-state index in [0.29, 0.717) is 12.1 Å². The number of nitrogens with zero attached hydrogens (tertiary/aromatic N) is 2. The van der Waals surface area contributed by atoms with Gasteiger partial charge in [-0.2, -0.15) is 5.10 Å². The maximum Gasteiger partial charge on any atom is 0.141 e. The first-order valence-electron chi connectivity index (χ1n) is 5.93. The molecule has 0 aromatic carbocycles. The van der Waals surface area contributed by atoms with Crippen molar-refractivity contribution in [2.24, 2.45) is 0 Å². The summed E-state index contributed by atoms with van der Waals surface area (Å²) in [6.45, 7) is 2.11. The zero-order chi connectivity index (χ0) is 11.4. The maximum absolute atomic E-state index is 5.42. The van der Waals surface area contributed by atoms with Crippen LogP contribution in [-0.2, 0) is 4.74 Å².